The van der Waals surface area contributed by atoms with Crippen LogP contribution in [0.25, 0.3) is 0 Å². The van der Waals surface area contributed by atoms with E-state index in [2.05, 4.69) is 0 Å². The van der Waals surface area contributed by atoms with Crippen molar-refractivity contribution >= 4 is 24.0 Å². The molecule has 5 heteroatoms. The quantitative estimate of drug-likeness (QED) is 0.887. The largest absolute Gasteiger partial charge is 0.489 e. The van der Waals surface area contributed by atoms with E-state index in [0.29, 0.717) is 17.5 Å². The molecule has 0 saturated heterocycles. The van der Waals surface area contributed by atoms with E-state index in [-0.39, 0.29) is 24.2 Å². The highest BCUT2D eigenvalue weighted by atomic mass is 35.5. The Morgan fingerprint density at radius 3 is 2.67 bits per heavy atom. The standard InChI is InChI=1S/C13H17ClFNO.ClH/c1-2-17-13-10(14)6-9(7-11(13)15)12(16)5-8-3-4-8;/h6-8,12H,2-5,16H2,1H3;1H/t12-;/m1./s1. The Balaban J connectivity index is 0.00000162. The molecule has 0 aromatic heterocycles. The van der Waals surface area contributed by atoms with Crippen molar-refractivity contribution in [3.05, 3.63) is 28.5 Å². The van der Waals surface area contributed by atoms with Crippen molar-refractivity contribution in [2.75, 3.05) is 6.61 Å². The van der Waals surface area contributed by atoms with Gasteiger partial charge in [0.05, 0.1) is 11.6 Å². The molecule has 102 valence electrons. The Bertz CT molecular complexity index is 387. The zero-order chi connectivity index (χ0) is 12.4. The number of ether oxygens (including phenoxy) is 1. The van der Waals surface area contributed by atoms with Crippen molar-refractivity contribution in [3.63, 3.8) is 0 Å². The topological polar surface area (TPSA) is 35.2 Å². The summed E-state index contributed by atoms with van der Waals surface area (Å²) >= 11 is 5.99. The third kappa shape index (κ3) is 3.74. The molecule has 18 heavy (non-hydrogen) atoms. The average molecular weight is 294 g/mol. The Morgan fingerprint density at radius 2 is 2.17 bits per heavy atom. The number of nitrogens with two attached hydrogens (primary N) is 1. The van der Waals surface area contributed by atoms with Gasteiger partial charge in [0.2, 0.25) is 0 Å². The summed E-state index contributed by atoms with van der Waals surface area (Å²) in [6.07, 6.45) is 3.38. The van der Waals surface area contributed by atoms with E-state index in [4.69, 9.17) is 22.1 Å². The molecule has 2 nitrogen and oxygen atoms in total. The van der Waals surface area contributed by atoms with E-state index in [1.54, 1.807) is 13.0 Å². The summed E-state index contributed by atoms with van der Waals surface area (Å²) in [4.78, 5) is 0. The fraction of sp³-hybridized carbons (Fsp3) is 0.538. The lowest BCUT2D eigenvalue weighted by Gasteiger charge is -2.14. The van der Waals surface area contributed by atoms with E-state index in [9.17, 15) is 4.39 Å². The third-order valence-electron chi connectivity index (χ3n) is 3.02. The fourth-order valence-corrected chi connectivity index (χ4v) is 2.20. The lowest BCUT2D eigenvalue weighted by Crippen LogP contribution is -2.11. The first kappa shape index (κ1) is 15.5. The monoisotopic (exact) mass is 293 g/mol. The molecule has 1 aromatic rings. The number of benzene rings is 1. The molecule has 2 rings (SSSR count). The molecule has 0 radical (unpaired) electrons. The molecule has 1 aromatic carbocycles. The summed E-state index contributed by atoms with van der Waals surface area (Å²) in [5, 5.41) is 0.299. The smallest absolute Gasteiger partial charge is 0.173 e. The van der Waals surface area contributed by atoms with Crippen LogP contribution >= 0.6 is 24.0 Å². The van der Waals surface area contributed by atoms with Crippen LogP contribution in [0.2, 0.25) is 5.02 Å². The van der Waals surface area contributed by atoms with E-state index in [1.807, 2.05) is 0 Å². The molecular weight excluding hydrogens is 276 g/mol. The van der Waals surface area contributed by atoms with Crippen LogP contribution in [0, 0.1) is 11.7 Å². The molecule has 0 bridgehead atoms. The minimum atomic E-state index is -0.430. The van der Waals surface area contributed by atoms with E-state index < -0.39 is 5.82 Å². The van der Waals surface area contributed by atoms with Gasteiger partial charge in [-0.2, -0.15) is 0 Å². The van der Waals surface area contributed by atoms with Gasteiger partial charge in [-0.05, 0) is 37.0 Å². The Kier molecular flexibility index (Phi) is 5.70. The lowest BCUT2D eigenvalue weighted by atomic mass is 10.0. The molecule has 1 fully saturated rings. The van der Waals surface area contributed by atoms with Crippen molar-refractivity contribution in [1.82, 2.24) is 0 Å². The predicted molar refractivity (Wildman–Crippen MR) is 74.1 cm³/mol. The van der Waals surface area contributed by atoms with Crippen LogP contribution in [-0.4, -0.2) is 6.61 Å². The maximum absolute atomic E-state index is 13.7. The van der Waals surface area contributed by atoms with Crippen molar-refractivity contribution in [3.8, 4) is 5.75 Å². The summed E-state index contributed by atoms with van der Waals surface area (Å²) < 4.78 is 18.9. The van der Waals surface area contributed by atoms with E-state index in [1.165, 1.54) is 18.9 Å². The van der Waals surface area contributed by atoms with Crippen LogP contribution in [0.1, 0.15) is 37.8 Å². The maximum atomic E-state index is 13.7. The van der Waals surface area contributed by atoms with Crippen molar-refractivity contribution in [1.29, 1.82) is 0 Å². The zero-order valence-corrected chi connectivity index (χ0v) is 11.9. The molecule has 0 spiro atoms. The van der Waals surface area contributed by atoms with Crippen LogP contribution < -0.4 is 10.5 Å². The normalized spacial score (nSPS) is 16.0. The summed E-state index contributed by atoms with van der Waals surface area (Å²) in [6, 6.07) is 3.01. The van der Waals surface area contributed by atoms with Crippen LogP contribution in [0.4, 0.5) is 4.39 Å². The van der Waals surface area contributed by atoms with Gasteiger partial charge in [0.25, 0.3) is 0 Å². The minimum Gasteiger partial charge on any atom is -0.489 e. The van der Waals surface area contributed by atoms with Gasteiger partial charge in [-0.3, -0.25) is 0 Å². The van der Waals surface area contributed by atoms with Crippen molar-refractivity contribution in [2.24, 2.45) is 11.7 Å². The second-order valence-electron chi connectivity index (χ2n) is 4.53. The number of hydrogen-bond donors (Lipinski definition) is 1. The molecule has 1 saturated carbocycles. The van der Waals surface area contributed by atoms with Crippen LogP contribution in [0.15, 0.2) is 12.1 Å². The third-order valence-corrected chi connectivity index (χ3v) is 3.30. The van der Waals surface area contributed by atoms with E-state index >= 15 is 0 Å². The van der Waals surface area contributed by atoms with Crippen LogP contribution in [0.3, 0.4) is 0 Å². The SMILES string of the molecule is CCOc1c(F)cc([C@H](N)CC2CC2)cc1Cl.Cl. The Labute approximate surface area is 118 Å². The predicted octanol–water partition coefficient (Wildman–Crippen LogP) is 4.10. The molecule has 0 amide bonds. The van der Waals surface area contributed by atoms with Gasteiger partial charge in [0, 0.05) is 6.04 Å². The summed E-state index contributed by atoms with van der Waals surface area (Å²) in [7, 11) is 0. The van der Waals surface area contributed by atoms with Gasteiger partial charge in [0.1, 0.15) is 0 Å². The van der Waals surface area contributed by atoms with Gasteiger partial charge < -0.3 is 10.5 Å². The summed E-state index contributed by atoms with van der Waals surface area (Å²) in [5.74, 6) is 0.399. The first-order valence-corrected chi connectivity index (χ1v) is 6.37. The van der Waals surface area contributed by atoms with E-state index in [0.717, 1.165) is 12.0 Å². The molecule has 1 aliphatic carbocycles. The van der Waals surface area contributed by atoms with Crippen molar-refractivity contribution in [2.45, 2.75) is 32.2 Å². The fourth-order valence-electron chi connectivity index (χ4n) is 1.92. The molecule has 2 N–H and O–H groups in total. The Hall–Kier alpha value is -0.510. The first-order chi connectivity index (χ1) is 8.11. The van der Waals surface area contributed by atoms with Gasteiger partial charge in [-0.15, -0.1) is 12.4 Å². The van der Waals surface area contributed by atoms with Crippen LogP contribution in [0.5, 0.6) is 5.75 Å². The molecule has 0 aliphatic heterocycles. The zero-order valence-electron chi connectivity index (χ0n) is 10.3. The Morgan fingerprint density at radius 1 is 1.50 bits per heavy atom. The molecule has 1 aliphatic rings. The first-order valence-electron chi connectivity index (χ1n) is 5.99. The summed E-state index contributed by atoms with van der Waals surface area (Å²) in [6.45, 7) is 2.19. The minimum absolute atomic E-state index is 0. The highest BCUT2D eigenvalue weighted by molar-refractivity contribution is 6.32. The van der Waals surface area contributed by atoms with Gasteiger partial charge in [-0.1, -0.05) is 24.4 Å². The number of halogens is 3. The second kappa shape index (κ2) is 6.60. The van der Waals surface area contributed by atoms with Gasteiger partial charge in [-0.25, -0.2) is 4.39 Å². The second-order valence-corrected chi connectivity index (χ2v) is 4.94. The molecule has 0 heterocycles. The van der Waals surface area contributed by atoms with Crippen LogP contribution in [-0.2, 0) is 0 Å². The maximum Gasteiger partial charge on any atom is 0.173 e. The molecular formula is C13H18Cl2FNO. The highest BCUT2D eigenvalue weighted by Crippen LogP contribution is 2.38. The van der Waals surface area contributed by atoms with Gasteiger partial charge in [0.15, 0.2) is 11.6 Å². The average Bonchev–Trinajstić information content (AvgIpc) is 3.07. The highest BCUT2D eigenvalue weighted by Gasteiger charge is 2.25. The lowest BCUT2D eigenvalue weighted by molar-refractivity contribution is 0.321. The number of rotatable bonds is 5. The summed E-state index contributed by atoms with van der Waals surface area (Å²) in [5.41, 5.74) is 6.78. The van der Waals surface area contributed by atoms with Gasteiger partial charge >= 0.3 is 0 Å². The molecule has 0 unspecified atom stereocenters. The van der Waals surface area contributed by atoms with Crippen molar-refractivity contribution < 1.29 is 9.13 Å². The molecule has 1 atom stereocenters. The number of hydrogen-bond acceptors (Lipinski definition) is 2.